The number of nitrogens with zero attached hydrogens (tertiary/aromatic N) is 1. The maximum atomic E-state index is 12.5. The zero-order chi connectivity index (χ0) is 16.9. The molecular formula is C21H26N2O. The molecule has 0 atom stereocenters. The Kier molecular flexibility index (Phi) is 5.29. The van der Waals surface area contributed by atoms with Crippen molar-refractivity contribution in [3.05, 3.63) is 53.9 Å². The van der Waals surface area contributed by atoms with Gasteiger partial charge in [0.1, 0.15) is 5.69 Å². The molecule has 1 fully saturated rings. The van der Waals surface area contributed by atoms with Crippen LogP contribution in [0.1, 0.15) is 67.9 Å². The van der Waals surface area contributed by atoms with E-state index in [1.165, 1.54) is 24.8 Å². The molecule has 1 amide bonds. The van der Waals surface area contributed by atoms with Crippen molar-refractivity contribution >= 4 is 5.91 Å². The fourth-order valence-corrected chi connectivity index (χ4v) is 3.30. The van der Waals surface area contributed by atoms with E-state index in [-0.39, 0.29) is 5.91 Å². The summed E-state index contributed by atoms with van der Waals surface area (Å²) in [4.78, 5) is 16.7. The molecule has 0 unspecified atom stereocenters. The molecule has 1 aromatic carbocycles. The Labute approximate surface area is 144 Å². The second-order valence-corrected chi connectivity index (χ2v) is 7.01. The lowest BCUT2D eigenvalue weighted by molar-refractivity contribution is 0.0922. The van der Waals surface area contributed by atoms with E-state index in [1.54, 1.807) is 6.20 Å². The normalized spacial score (nSPS) is 15.5. The van der Waals surface area contributed by atoms with Gasteiger partial charge < -0.3 is 5.32 Å². The molecule has 0 aliphatic heterocycles. The number of pyridine rings is 1. The Morgan fingerprint density at radius 1 is 1.04 bits per heavy atom. The Bertz CT molecular complexity index is 685. The van der Waals surface area contributed by atoms with Gasteiger partial charge in [-0.1, -0.05) is 57.4 Å². The second-order valence-electron chi connectivity index (χ2n) is 7.01. The fourth-order valence-electron chi connectivity index (χ4n) is 3.30. The summed E-state index contributed by atoms with van der Waals surface area (Å²) < 4.78 is 0. The van der Waals surface area contributed by atoms with E-state index in [4.69, 9.17) is 0 Å². The highest BCUT2D eigenvalue weighted by Gasteiger charge is 2.17. The summed E-state index contributed by atoms with van der Waals surface area (Å²) in [5, 5.41) is 3.14. The monoisotopic (exact) mass is 322 g/mol. The highest BCUT2D eigenvalue weighted by molar-refractivity contribution is 5.93. The van der Waals surface area contributed by atoms with Gasteiger partial charge in [-0.15, -0.1) is 0 Å². The number of hydrogen-bond donors (Lipinski definition) is 1. The third-order valence-corrected chi connectivity index (χ3v) is 4.84. The van der Waals surface area contributed by atoms with Crippen LogP contribution in [0.15, 0.2) is 42.6 Å². The van der Waals surface area contributed by atoms with E-state index in [9.17, 15) is 4.79 Å². The van der Waals surface area contributed by atoms with Crippen molar-refractivity contribution in [3.63, 3.8) is 0 Å². The van der Waals surface area contributed by atoms with Crippen LogP contribution in [0.25, 0.3) is 11.1 Å². The lowest BCUT2D eigenvalue weighted by Gasteiger charge is -2.22. The maximum Gasteiger partial charge on any atom is 0.270 e. The van der Waals surface area contributed by atoms with Crippen LogP contribution in [-0.4, -0.2) is 16.9 Å². The molecule has 0 bridgehead atoms. The number of hydrogen-bond acceptors (Lipinski definition) is 2. The molecule has 0 radical (unpaired) electrons. The van der Waals surface area contributed by atoms with Gasteiger partial charge in [-0.3, -0.25) is 9.78 Å². The number of carbonyl (C=O) groups excluding carboxylic acids is 1. The molecule has 1 N–H and O–H groups in total. The summed E-state index contributed by atoms with van der Waals surface area (Å²) in [5.74, 6) is 0.468. The Hall–Kier alpha value is -2.16. The summed E-state index contributed by atoms with van der Waals surface area (Å²) in [7, 11) is 0. The SMILES string of the molecule is CC(C)c1ccc(-c2ccnc(C(=O)NC3CCCCC3)c2)cc1. The quantitative estimate of drug-likeness (QED) is 0.866. The van der Waals surface area contributed by atoms with Gasteiger partial charge in [-0.2, -0.15) is 0 Å². The number of rotatable bonds is 4. The number of amides is 1. The maximum absolute atomic E-state index is 12.5. The fraction of sp³-hybridized carbons (Fsp3) is 0.429. The molecule has 1 aliphatic carbocycles. The van der Waals surface area contributed by atoms with Crippen LogP contribution in [0.4, 0.5) is 0 Å². The molecule has 1 heterocycles. The van der Waals surface area contributed by atoms with Crippen molar-refractivity contribution in [2.75, 3.05) is 0 Å². The standard InChI is InChI=1S/C21H26N2O/c1-15(2)16-8-10-17(11-9-16)18-12-13-22-20(14-18)21(24)23-19-6-4-3-5-7-19/h8-15,19H,3-7H2,1-2H3,(H,23,24). The van der Waals surface area contributed by atoms with Crippen molar-refractivity contribution in [1.82, 2.24) is 10.3 Å². The molecule has 3 heteroatoms. The smallest absolute Gasteiger partial charge is 0.270 e. The minimum Gasteiger partial charge on any atom is -0.348 e. The van der Waals surface area contributed by atoms with E-state index < -0.39 is 0 Å². The third-order valence-electron chi connectivity index (χ3n) is 4.84. The molecule has 3 nitrogen and oxygen atoms in total. The molecule has 0 spiro atoms. The van der Waals surface area contributed by atoms with Crippen molar-refractivity contribution in [1.29, 1.82) is 0 Å². The van der Waals surface area contributed by atoms with Crippen LogP contribution in [0, 0.1) is 0 Å². The van der Waals surface area contributed by atoms with Gasteiger partial charge in [-0.25, -0.2) is 0 Å². The molecule has 1 aromatic heterocycles. The number of carbonyl (C=O) groups is 1. The van der Waals surface area contributed by atoms with Crippen molar-refractivity contribution in [3.8, 4) is 11.1 Å². The molecule has 1 saturated carbocycles. The first-order valence-corrected chi connectivity index (χ1v) is 9.01. The van der Waals surface area contributed by atoms with Gasteiger partial charge in [0.05, 0.1) is 0 Å². The molecule has 24 heavy (non-hydrogen) atoms. The zero-order valence-electron chi connectivity index (χ0n) is 14.6. The first kappa shape index (κ1) is 16.7. The molecule has 3 rings (SSSR count). The molecule has 2 aromatic rings. The predicted octanol–water partition coefficient (Wildman–Crippen LogP) is 4.93. The Balaban J connectivity index is 1.74. The summed E-state index contributed by atoms with van der Waals surface area (Å²) in [5.41, 5.74) is 3.98. The van der Waals surface area contributed by atoms with E-state index in [1.807, 2.05) is 12.1 Å². The predicted molar refractivity (Wildman–Crippen MR) is 98.1 cm³/mol. The average Bonchev–Trinajstić information content (AvgIpc) is 2.63. The minimum atomic E-state index is -0.0532. The van der Waals surface area contributed by atoms with Crippen molar-refractivity contribution < 1.29 is 4.79 Å². The van der Waals surface area contributed by atoms with E-state index in [0.717, 1.165) is 24.0 Å². The number of nitrogens with one attached hydrogen (secondary N) is 1. The van der Waals surface area contributed by atoms with Gasteiger partial charge in [0.25, 0.3) is 5.91 Å². The molecule has 126 valence electrons. The Morgan fingerprint density at radius 3 is 2.42 bits per heavy atom. The first-order chi connectivity index (χ1) is 11.6. The largest absolute Gasteiger partial charge is 0.348 e. The topological polar surface area (TPSA) is 42.0 Å². The summed E-state index contributed by atoms with van der Waals surface area (Å²) in [6, 6.07) is 12.7. The molecular weight excluding hydrogens is 296 g/mol. The van der Waals surface area contributed by atoms with Crippen LogP contribution >= 0.6 is 0 Å². The molecule has 1 aliphatic rings. The Morgan fingerprint density at radius 2 is 1.75 bits per heavy atom. The lowest BCUT2D eigenvalue weighted by Crippen LogP contribution is -2.36. The number of aromatic nitrogens is 1. The van der Waals surface area contributed by atoms with Gasteiger partial charge in [0, 0.05) is 12.2 Å². The van der Waals surface area contributed by atoms with Crippen molar-refractivity contribution in [2.24, 2.45) is 0 Å². The summed E-state index contributed by atoms with van der Waals surface area (Å²) in [6.07, 6.45) is 7.60. The first-order valence-electron chi connectivity index (χ1n) is 9.01. The molecule has 0 saturated heterocycles. The van der Waals surface area contributed by atoms with Crippen LogP contribution in [0.3, 0.4) is 0 Å². The summed E-state index contributed by atoms with van der Waals surface area (Å²) in [6.45, 7) is 4.38. The van der Waals surface area contributed by atoms with E-state index in [0.29, 0.717) is 17.7 Å². The van der Waals surface area contributed by atoms with Crippen LogP contribution in [-0.2, 0) is 0 Å². The van der Waals surface area contributed by atoms with Gasteiger partial charge >= 0.3 is 0 Å². The highest BCUT2D eigenvalue weighted by atomic mass is 16.1. The lowest BCUT2D eigenvalue weighted by atomic mass is 9.95. The van der Waals surface area contributed by atoms with Crippen molar-refractivity contribution in [2.45, 2.75) is 57.9 Å². The van der Waals surface area contributed by atoms with Crippen LogP contribution in [0.2, 0.25) is 0 Å². The van der Waals surface area contributed by atoms with E-state index in [2.05, 4.69) is 48.4 Å². The van der Waals surface area contributed by atoms with E-state index >= 15 is 0 Å². The van der Waals surface area contributed by atoms with Gasteiger partial charge in [-0.05, 0) is 47.6 Å². The number of benzene rings is 1. The van der Waals surface area contributed by atoms with Crippen LogP contribution in [0.5, 0.6) is 0 Å². The van der Waals surface area contributed by atoms with Crippen LogP contribution < -0.4 is 5.32 Å². The average molecular weight is 322 g/mol. The third kappa shape index (κ3) is 4.02. The summed E-state index contributed by atoms with van der Waals surface area (Å²) >= 11 is 0. The second kappa shape index (κ2) is 7.61. The minimum absolute atomic E-state index is 0.0532. The zero-order valence-corrected chi connectivity index (χ0v) is 14.6. The van der Waals surface area contributed by atoms with Gasteiger partial charge in [0.2, 0.25) is 0 Å². The highest BCUT2D eigenvalue weighted by Crippen LogP contribution is 2.23. The van der Waals surface area contributed by atoms with Gasteiger partial charge in [0.15, 0.2) is 0 Å².